The molecule has 1 fully saturated rings. The van der Waals surface area contributed by atoms with Crippen molar-refractivity contribution in [3.05, 3.63) is 41.5 Å². The van der Waals surface area contributed by atoms with Crippen molar-refractivity contribution in [2.45, 2.75) is 45.3 Å². The maximum atomic E-state index is 12.4. The first kappa shape index (κ1) is 18.0. The number of rotatable bonds is 3. The Hall–Kier alpha value is -2.30. The SMILES string of the molecule is COC(=O)C=Cc1ccc(C2CCCN2C(=O)OC(C)(C)C)cc1. The number of nitrogens with zero attached hydrogens (tertiary/aromatic N) is 1. The standard InChI is InChI=1S/C19H25NO4/c1-19(2,3)24-18(22)20-13-5-6-16(20)15-10-7-14(8-11-15)9-12-17(21)23-4/h7-12,16H,5-6,13H2,1-4H3. The highest BCUT2D eigenvalue weighted by atomic mass is 16.6. The number of carbonyl (C=O) groups excluding carboxylic acids is 2. The van der Waals surface area contributed by atoms with Crippen molar-refractivity contribution in [2.24, 2.45) is 0 Å². The van der Waals surface area contributed by atoms with Gasteiger partial charge >= 0.3 is 12.1 Å². The van der Waals surface area contributed by atoms with E-state index in [1.54, 1.807) is 11.0 Å². The van der Waals surface area contributed by atoms with E-state index in [1.165, 1.54) is 13.2 Å². The lowest BCUT2D eigenvalue weighted by Crippen LogP contribution is -2.36. The number of benzene rings is 1. The topological polar surface area (TPSA) is 55.8 Å². The minimum Gasteiger partial charge on any atom is -0.466 e. The molecular weight excluding hydrogens is 306 g/mol. The van der Waals surface area contributed by atoms with Crippen molar-refractivity contribution in [3.8, 4) is 0 Å². The highest BCUT2D eigenvalue weighted by Crippen LogP contribution is 2.33. The predicted octanol–water partition coefficient (Wildman–Crippen LogP) is 3.94. The summed E-state index contributed by atoms with van der Waals surface area (Å²) in [7, 11) is 1.35. The fraction of sp³-hybridized carbons (Fsp3) is 0.474. The third-order valence-corrected chi connectivity index (χ3v) is 3.82. The molecule has 24 heavy (non-hydrogen) atoms. The van der Waals surface area contributed by atoms with Gasteiger partial charge in [0.25, 0.3) is 0 Å². The molecule has 0 aromatic heterocycles. The van der Waals surface area contributed by atoms with Crippen molar-refractivity contribution in [1.29, 1.82) is 0 Å². The average molecular weight is 331 g/mol. The summed E-state index contributed by atoms with van der Waals surface area (Å²) in [5.74, 6) is -0.383. The van der Waals surface area contributed by atoms with Gasteiger partial charge in [-0.1, -0.05) is 24.3 Å². The monoisotopic (exact) mass is 331 g/mol. The molecule has 0 radical (unpaired) electrons. The van der Waals surface area contributed by atoms with Gasteiger partial charge in [-0.05, 0) is 50.8 Å². The van der Waals surface area contributed by atoms with E-state index in [1.807, 2.05) is 45.0 Å². The van der Waals surface area contributed by atoms with Crippen molar-refractivity contribution in [3.63, 3.8) is 0 Å². The van der Waals surface area contributed by atoms with Crippen LogP contribution in [0.25, 0.3) is 6.08 Å². The van der Waals surface area contributed by atoms with Crippen LogP contribution in [0.3, 0.4) is 0 Å². The zero-order chi connectivity index (χ0) is 17.7. The Morgan fingerprint density at radius 2 is 1.88 bits per heavy atom. The van der Waals surface area contributed by atoms with Gasteiger partial charge in [0.2, 0.25) is 0 Å². The summed E-state index contributed by atoms with van der Waals surface area (Å²) in [5.41, 5.74) is 1.49. The number of amides is 1. The smallest absolute Gasteiger partial charge is 0.410 e. The second-order valence-electron chi connectivity index (χ2n) is 6.85. The van der Waals surface area contributed by atoms with Gasteiger partial charge in [0.15, 0.2) is 0 Å². The number of methoxy groups -OCH3 is 1. The van der Waals surface area contributed by atoms with Gasteiger partial charge in [-0.2, -0.15) is 0 Å². The summed E-state index contributed by atoms with van der Waals surface area (Å²) in [6, 6.07) is 7.88. The quantitative estimate of drug-likeness (QED) is 0.622. The molecule has 1 aliphatic heterocycles. The second-order valence-corrected chi connectivity index (χ2v) is 6.85. The molecule has 2 rings (SSSR count). The Balaban J connectivity index is 2.08. The molecule has 1 heterocycles. The Labute approximate surface area is 143 Å². The second kappa shape index (κ2) is 7.51. The number of esters is 1. The third-order valence-electron chi connectivity index (χ3n) is 3.82. The van der Waals surface area contributed by atoms with E-state index in [4.69, 9.17) is 4.74 Å². The van der Waals surface area contributed by atoms with Crippen LogP contribution in [0, 0.1) is 0 Å². The van der Waals surface area contributed by atoms with Crippen molar-refractivity contribution >= 4 is 18.1 Å². The van der Waals surface area contributed by atoms with Crippen LogP contribution in [-0.2, 0) is 14.3 Å². The Bertz CT molecular complexity index is 613. The molecular formula is C19H25NO4. The summed E-state index contributed by atoms with van der Waals surface area (Å²) < 4.78 is 10.1. The van der Waals surface area contributed by atoms with Gasteiger partial charge in [0, 0.05) is 12.6 Å². The molecule has 5 nitrogen and oxygen atoms in total. The molecule has 0 bridgehead atoms. The average Bonchev–Trinajstić information content (AvgIpc) is 3.01. The van der Waals surface area contributed by atoms with Crippen molar-refractivity contribution < 1.29 is 19.1 Å². The van der Waals surface area contributed by atoms with Crippen molar-refractivity contribution in [1.82, 2.24) is 4.90 Å². The molecule has 1 aromatic carbocycles. The zero-order valence-electron chi connectivity index (χ0n) is 14.7. The molecule has 0 saturated carbocycles. The fourth-order valence-electron chi connectivity index (χ4n) is 2.71. The molecule has 1 atom stereocenters. The van der Waals surface area contributed by atoms with E-state index in [-0.39, 0.29) is 18.1 Å². The summed E-state index contributed by atoms with van der Waals surface area (Å²) in [6.45, 7) is 6.33. The Morgan fingerprint density at radius 1 is 1.21 bits per heavy atom. The largest absolute Gasteiger partial charge is 0.466 e. The van der Waals surface area contributed by atoms with Gasteiger partial charge in [-0.25, -0.2) is 9.59 Å². The number of hydrogen-bond donors (Lipinski definition) is 0. The molecule has 1 aromatic rings. The maximum Gasteiger partial charge on any atom is 0.410 e. The van der Waals surface area contributed by atoms with E-state index >= 15 is 0 Å². The maximum absolute atomic E-state index is 12.4. The van der Waals surface area contributed by atoms with Crippen LogP contribution in [0.5, 0.6) is 0 Å². The van der Waals surface area contributed by atoms with Crippen LogP contribution in [0.1, 0.15) is 50.8 Å². The molecule has 0 N–H and O–H groups in total. The molecule has 1 amide bonds. The highest BCUT2D eigenvalue weighted by Gasteiger charge is 2.32. The molecule has 0 aliphatic carbocycles. The first-order chi connectivity index (χ1) is 11.3. The van der Waals surface area contributed by atoms with E-state index in [9.17, 15) is 9.59 Å². The minimum absolute atomic E-state index is 0.0403. The lowest BCUT2D eigenvalue weighted by molar-refractivity contribution is -0.134. The molecule has 5 heteroatoms. The number of likely N-dealkylation sites (tertiary alicyclic amines) is 1. The first-order valence-corrected chi connectivity index (χ1v) is 8.16. The Kier molecular flexibility index (Phi) is 5.65. The van der Waals surface area contributed by atoms with Crippen LogP contribution in [-0.4, -0.2) is 36.2 Å². The number of ether oxygens (including phenoxy) is 2. The van der Waals surface area contributed by atoms with Crippen LogP contribution in [0.2, 0.25) is 0 Å². The van der Waals surface area contributed by atoms with Crippen LogP contribution < -0.4 is 0 Å². The Morgan fingerprint density at radius 3 is 2.46 bits per heavy atom. The van der Waals surface area contributed by atoms with Crippen LogP contribution >= 0.6 is 0 Å². The first-order valence-electron chi connectivity index (χ1n) is 8.16. The molecule has 130 valence electrons. The summed E-state index contributed by atoms with van der Waals surface area (Å²) in [5, 5.41) is 0. The number of hydrogen-bond acceptors (Lipinski definition) is 4. The fourth-order valence-corrected chi connectivity index (χ4v) is 2.71. The lowest BCUT2D eigenvalue weighted by atomic mass is 10.0. The summed E-state index contributed by atoms with van der Waals surface area (Å²) >= 11 is 0. The predicted molar refractivity (Wildman–Crippen MR) is 92.4 cm³/mol. The minimum atomic E-state index is -0.493. The lowest BCUT2D eigenvalue weighted by Gasteiger charge is -2.28. The summed E-state index contributed by atoms with van der Waals surface area (Å²) in [4.78, 5) is 25.3. The van der Waals surface area contributed by atoms with E-state index < -0.39 is 5.60 Å². The van der Waals surface area contributed by atoms with Gasteiger partial charge in [0.05, 0.1) is 13.2 Å². The van der Waals surface area contributed by atoms with E-state index in [0.717, 1.165) is 24.0 Å². The van der Waals surface area contributed by atoms with E-state index in [0.29, 0.717) is 6.54 Å². The van der Waals surface area contributed by atoms with E-state index in [2.05, 4.69) is 4.74 Å². The van der Waals surface area contributed by atoms with Crippen LogP contribution in [0.4, 0.5) is 4.79 Å². The summed E-state index contributed by atoms with van der Waals surface area (Å²) in [6.07, 6.45) is 4.72. The van der Waals surface area contributed by atoms with Crippen LogP contribution in [0.15, 0.2) is 30.3 Å². The number of carbonyl (C=O) groups is 2. The van der Waals surface area contributed by atoms with Crippen molar-refractivity contribution in [2.75, 3.05) is 13.7 Å². The molecule has 1 aliphatic rings. The molecule has 1 saturated heterocycles. The van der Waals surface area contributed by atoms with Gasteiger partial charge in [-0.15, -0.1) is 0 Å². The van der Waals surface area contributed by atoms with Gasteiger partial charge in [0.1, 0.15) is 5.60 Å². The molecule has 1 unspecified atom stereocenters. The third kappa shape index (κ3) is 4.85. The zero-order valence-corrected chi connectivity index (χ0v) is 14.7. The highest BCUT2D eigenvalue weighted by molar-refractivity contribution is 5.86. The normalized spacial score (nSPS) is 18.0. The van der Waals surface area contributed by atoms with Gasteiger partial charge in [-0.3, -0.25) is 0 Å². The molecule has 0 spiro atoms. The van der Waals surface area contributed by atoms with Gasteiger partial charge < -0.3 is 14.4 Å².